The van der Waals surface area contributed by atoms with Crippen LogP contribution in [0, 0.1) is 5.82 Å². The van der Waals surface area contributed by atoms with Crippen molar-refractivity contribution in [3.63, 3.8) is 0 Å². The van der Waals surface area contributed by atoms with Crippen LogP contribution in [0.3, 0.4) is 0 Å². The molecule has 0 fully saturated rings. The molecule has 2 amide bonds. The second-order valence-corrected chi connectivity index (χ2v) is 4.84. The van der Waals surface area contributed by atoms with Crippen LogP contribution >= 0.6 is 0 Å². The number of fused-ring (bicyclic) bond motifs is 1. The Bertz CT molecular complexity index is 763. The van der Waals surface area contributed by atoms with Gasteiger partial charge in [0.05, 0.1) is 5.69 Å². The number of ether oxygens (including phenoxy) is 2. The van der Waals surface area contributed by atoms with Gasteiger partial charge < -0.3 is 20.1 Å². The summed E-state index contributed by atoms with van der Waals surface area (Å²) in [5, 5.41) is 5.28. The number of carbonyl (C=O) groups is 2. The molecule has 6 nitrogen and oxygen atoms in total. The first-order chi connectivity index (χ1) is 11.1. The molecule has 1 heterocycles. The summed E-state index contributed by atoms with van der Waals surface area (Å²) in [6.45, 7) is -0.288. The monoisotopic (exact) mass is 316 g/mol. The maximum absolute atomic E-state index is 13.0. The van der Waals surface area contributed by atoms with E-state index in [-0.39, 0.29) is 24.9 Å². The van der Waals surface area contributed by atoms with Crippen molar-refractivity contribution in [1.29, 1.82) is 0 Å². The zero-order valence-electron chi connectivity index (χ0n) is 12.0. The van der Waals surface area contributed by atoms with Crippen molar-refractivity contribution in [2.75, 3.05) is 23.8 Å². The molecule has 2 aromatic carbocycles. The van der Waals surface area contributed by atoms with Gasteiger partial charge in [-0.1, -0.05) is 6.07 Å². The molecular formula is C16H13FN2O4. The lowest BCUT2D eigenvalue weighted by molar-refractivity contribution is -0.119. The second kappa shape index (κ2) is 6.35. The molecule has 1 aliphatic rings. The highest BCUT2D eigenvalue weighted by Crippen LogP contribution is 2.30. The molecule has 2 N–H and O–H groups in total. The molecule has 23 heavy (non-hydrogen) atoms. The predicted molar refractivity (Wildman–Crippen MR) is 81.1 cm³/mol. The summed E-state index contributed by atoms with van der Waals surface area (Å²) in [6.07, 6.45) is 0. The van der Waals surface area contributed by atoms with Gasteiger partial charge in [0.15, 0.2) is 13.2 Å². The molecule has 7 heteroatoms. The zero-order valence-corrected chi connectivity index (χ0v) is 12.0. The van der Waals surface area contributed by atoms with Gasteiger partial charge in [-0.2, -0.15) is 0 Å². The molecule has 0 spiro atoms. The summed E-state index contributed by atoms with van der Waals surface area (Å²) in [6, 6.07) is 10.4. The van der Waals surface area contributed by atoms with Crippen LogP contribution < -0.4 is 20.1 Å². The number of nitrogens with one attached hydrogen (secondary N) is 2. The van der Waals surface area contributed by atoms with Crippen LogP contribution in [0.4, 0.5) is 15.8 Å². The number of carbonyl (C=O) groups excluding carboxylic acids is 2. The Kier molecular flexibility index (Phi) is 4.09. The van der Waals surface area contributed by atoms with Gasteiger partial charge in [0.25, 0.3) is 11.8 Å². The molecule has 0 radical (unpaired) electrons. The summed E-state index contributed by atoms with van der Waals surface area (Å²) in [5.74, 6) is -0.286. The number of anilines is 2. The minimum atomic E-state index is -0.437. The fourth-order valence-electron chi connectivity index (χ4n) is 2.06. The lowest BCUT2D eigenvalue weighted by Gasteiger charge is -2.18. The minimum Gasteiger partial charge on any atom is -0.484 e. The van der Waals surface area contributed by atoms with Gasteiger partial charge in [-0.15, -0.1) is 0 Å². The van der Waals surface area contributed by atoms with Gasteiger partial charge in [0.2, 0.25) is 0 Å². The fraction of sp³-hybridized carbons (Fsp3) is 0.125. The van der Waals surface area contributed by atoms with Crippen LogP contribution in [0.2, 0.25) is 0 Å². The van der Waals surface area contributed by atoms with Gasteiger partial charge in [-0.3, -0.25) is 9.59 Å². The van der Waals surface area contributed by atoms with Crippen LogP contribution in [0.25, 0.3) is 0 Å². The summed E-state index contributed by atoms with van der Waals surface area (Å²) < 4.78 is 23.4. The Morgan fingerprint density at radius 1 is 1.30 bits per heavy atom. The highest BCUT2D eigenvalue weighted by Gasteiger charge is 2.16. The van der Waals surface area contributed by atoms with Crippen LogP contribution in [-0.2, 0) is 9.59 Å². The highest BCUT2D eigenvalue weighted by atomic mass is 19.1. The van der Waals surface area contributed by atoms with Crippen molar-refractivity contribution >= 4 is 23.2 Å². The van der Waals surface area contributed by atoms with Crippen molar-refractivity contribution in [3.05, 3.63) is 48.3 Å². The topological polar surface area (TPSA) is 76.7 Å². The number of amides is 2. The lowest BCUT2D eigenvalue weighted by atomic mass is 10.2. The Labute approximate surface area is 131 Å². The smallest absolute Gasteiger partial charge is 0.262 e. The first kappa shape index (κ1) is 14.8. The molecule has 0 aliphatic carbocycles. The van der Waals surface area contributed by atoms with E-state index in [2.05, 4.69) is 10.6 Å². The van der Waals surface area contributed by atoms with Crippen molar-refractivity contribution in [2.24, 2.45) is 0 Å². The molecule has 0 saturated carbocycles. The largest absolute Gasteiger partial charge is 0.484 e. The van der Waals surface area contributed by atoms with E-state index in [0.29, 0.717) is 17.1 Å². The van der Waals surface area contributed by atoms with Crippen molar-refractivity contribution < 1.29 is 23.5 Å². The third-order valence-electron chi connectivity index (χ3n) is 3.06. The average Bonchev–Trinajstić information content (AvgIpc) is 2.53. The predicted octanol–water partition coefficient (Wildman–Crippen LogP) is 2.17. The molecule has 3 rings (SSSR count). The van der Waals surface area contributed by atoms with E-state index in [1.54, 1.807) is 24.3 Å². The van der Waals surface area contributed by atoms with E-state index < -0.39 is 11.7 Å². The van der Waals surface area contributed by atoms with Gasteiger partial charge in [0.1, 0.15) is 17.3 Å². The standard InChI is InChI=1S/C16H13FN2O4/c17-10-2-1-3-12(6-10)22-8-15(20)18-11-4-5-14-13(7-11)19-16(21)9-23-14/h1-7H,8-9H2,(H,18,20)(H,19,21). The normalized spacial score (nSPS) is 12.7. The molecule has 118 valence electrons. The van der Waals surface area contributed by atoms with E-state index in [9.17, 15) is 14.0 Å². The van der Waals surface area contributed by atoms with Gasteiger partial charge in [-0.05, 0) is 30.3 Å². The van der Waals surface area contributed by atoms with Crippen molar-refractivity contribution in [3.8, 4) is 11.5 Å². The van der Waals surface area contributed by atoms with Gasteiger partial charge in [-0.25, -0.2) is 4.39 Å². The van der Waals surface area contributed by atoms with E-state index in [0.717, 1.165) is 0 Å². The first-order valence-electron chi connectivity index (χ1n) is 6.85. The highest BCUT2D eigenvalue weighted by molar-refractivity contribution is 5.97. The minimum absolute atomic E-state index is 0.0276. The third kappa shape index (κ3) is 3.76. The number of hydrogen-bond acceptors (Lipinski definition) is 4. The van der Waals surface area contributed by atoms with Crippen LogP contribution in [0.1, 0.15) is 0 Å². The van der Waals surface area contributed by atoms with E-state index >= 15 is 0 Å². The van der Waals surface area contributed by atoms with E-state index in [1.165, 1.54) is 18.2 Å². The van der Waals surface area contributed by atoms with Crippen LogP contribution in [-0.4, -0.2) is 25.0 Å². The number of halogens is 1. The molecule has 0 saturated heterocycles. The molecule has 0 aromatic heterocycles. The lowest BCUT2D eigenvalue weighted by Crippen LogP contribution is -2.25. The summed E-state index contributed by atoms with van der Waals surface area (Å²) in [4.78, 5) is 23.1. The summed E-state index contributed by atoms with van der Waals surface area (Å²) in [7, 11) is 0. The molecule has 1 aliphatic heterocycles. The Morgan fingerprint density at radius 3 is 3.00 bits per heavy atom. The zero-order chi connectivity index (χ0) is 16.2. The van der Waals surface area contributed by atoms with Crippen LogP contribution in [0.5, 0.6) is 11.5 Å². The summed E-state index contributed by atoms with van der Waals surface area (Å²) >= 11 is 0. The van der Waals surface area contributed by atoms with Gasteiger partial charge in [0, 0.05) is 11.8 Å². The second-order valence-electron chi connectivity index (χ2n) is 4.84. The Morgan fingerprint density at radius 2 is 2.17 bits per heavy atom. The van der Waals surface area contributed by atoms with Crippen molar-refractivity contribution in [1.82, 2.24) is 0 Å². The molecule has 0 bridgehead atoms. The van der Waals surface area contributed by atoms with Gasteiger partial charge >= 0.3 is 0 Å². The van der Waals surface area contributed by atoms with E-state index in [4.69, 9.17) is 9.47 Å². The quantitative estimate of drug-likeness (QED) is 0.906. The van der Waals surface area contributed by atoms with Crippen LogP contribution in [0.15, 0.2) is 42.5 Å². The Hall–Kier alpha value is -3.09. The fourth-order valence-corrected chi connectivity index (χ4v) is 2.06. The van der Waals surface area contributed by atoms with Crippen molar-refractivity contribution in [2.45, 2.75) is 0 Å². The maximum atomic E-state index is 13.0. The number of rotatable bonds is 4. The molecular weight excluding hydrogens is 303 g/mol. The molecule has 0 atom stereocenters. The molecule has 2 aromatic rings. The maximum Gasteiger partial charge on any atom is 0.262 e. The average molecular weight is 316 g/mol. The SMILES string of the molecule is O=C(COc1cccc(F)c1)Nc1ccc2c(c1)NC(=O)CO2. The summed E-state index contributed by atoms with van der Waals surface area (Å²) in [5.41, 5.74) is 0.979. The number of hydrogen-bond donors (Lipinski definition) is 2. The van der Waals surface area contributed by atoms with E-state index in [1.807, 2.05) is 0 Å². The molecule has 0 unspecified atom stereocenters. The third-order valence-corrected chi connectivity index (χ3v) is 3.06. The Balaban J connectivity index is 1.59. The number of benzene rings is 2. The first-order valence-corrected chi connectivity index (χ1v) is 6.85.